The second-order valence-electron chi connectivity index (χ2n) is 6.74. The quantitative estimate of drug-likeness (QED) is 0.753. The third-order valence-corrected chi connectivity index (χ3v) is 4.94. The Labute approximate surface area is 149 Å². The largest absolute Gasteiger partial charge is 0.416 e. The van der Waals surface area contributed by atoms with Crippen molar-refractivity contribution in [2.24, 2.45) is 5.92 Å². The third kappa shape index (κ3) is 4.17. The zero-order valence-corrected chi connectivity index (χ0v) is 14.2. The maximum absolute atomic E-state index is 12.7. The van der Waals surface area contributed by atoms with Gasteiger partial charge in [-0.15, -0.1) is 0 Å². The Morgan fingerprint density at radius 2 is 1.73 bits per heavy atom. The number of hydrogen-bond donors (Lipinski definition) is 0. The summed E-state index contributed by atoms with van der Waals surface area (Å²) < 4.78 is 43.5. The minimum Gasteiger partial charge on any atom is -0.378 e. The molecule has 2 heterocycles. The number of carbonyl (C=O) groups excluding carboxylic acids is 2. The van der Waals surface area contributed by atoms with Crippen molar-refractivity contribution in [2.45, 2.75) is 18.5 Å². The topological polar surface area (TPSA) is 49.9 Å². The van der Waals surface area contributed by atoms with Gasteiger partial charge in [0, 0.05) is 38.0 Å². The molecule has 0 N–H and O–H groups in total. The molecule has 8 heteroatoms. The van der Waals surface area contributed by atoms with Gasteiger partial charge in [0.25, 0.3) is 0 Å². The smallest absolute Gasteiger partial charge is 0.378 e. The number of benzene rings is 1. The number of hydrogen-bond acceptors (Lipinski definition) is 3. The average Bonchev–Trinajstić information content (AvgIpc) is 2.67. The molecule has 3 rings (SSSR count). The Balaban J connectivity index is 1.74. The highest BCUT2D eigenvalue weighted by atomic mass is 19.4. The fraction of sp³-hybridized carbons (Fsp3) is 0.556. The number of alkyl halides is 3. The van der Waals surface area contributed by atoms with Crippen LogP contribution >= 0.6 is 0 Å². The van der Waals surface area contributed by atoms with Gasteiger partial charge in [-0.2, -0.15) is 13.2 Å². The number of ether oxygens (including phenoxy) is 1. The van der Waals surface area contributed by atoms with Crippen molar-refractivity contribution in [3.63, 3.8) is 0 Å². The number of rotatable bonds is 2. The number of piperidine rings is 1. The zero-order valence-electron chi connectivity index (χ0n) is 14.2. The molecular formula is C18H21F3N2O3. The van der Waals surface area contributed by atoms with Gasteiger partial charge >= 0.3 is 12.2 Å². The van der Waals surface area contributed by atoms with E-state index in [0.717, 1.165) is 18.4 Å². The molecule has 5 nitrogen and oxygen atoms in total. The molecule has 2 aliphatic heterocycles. The number of aldehydes is 1. The van der Waals surface area contributed by atoms with Crippen LogP contribution < -0.4 is 0 Å². The zero-order chi connectivity index (χ0) is 18.7. The van der Waals surface area contributed by atoms with Gasteiger partial charge in [0.05, 0.1) is 18.8 Å². The summed E-state index contributed by atoms with van der Waals surface area (Å²) in [5, 5.41) is 0. The fourth-order valence-corrected chi connectivity index (χ4v) is 3.53. The van der Waals surface area contributed by atoms with E-state index in [1.165, 1.54) is 12.1 Å². The van der Waals surface area contributed by atoms with Crippen LogP contribution in [0.1, 0.15) is 23.5 Å². The van der Waals surface area contributed by atoms with E-state index >= 15 is 0 Å². The van der Waals surface area contributed by atoms with Crippen LogP contribution in [-0.2, 0) is 15.7 Å². The lowest BCUT2D eigenvalue weighted by molar-refractivity contribution is -0.137. The highest BCUT2D eigenvalue weighted by molar-refractivity contribution is 5.75. The number of morpholine rings is 1. The van der Waals surface area contributed by atoms with E-state index in [-0.39, 0.29) is 17.9 Å². The van der Waals surface area contributed by atoms with Crippen LogP contribution in [0.25, 0.3) is 0 Å². The molecular weight excluding hydrogens is 349 g/mol. The van der Waals surface area contributed by atoms with E-state index in [4.69, 9.17) is 4.74 Å². The Kier molecular flexibility index (Phi) is 5.50. The van der Waals surface area contributed by atoms with Crippen LogP contribution in [0.3, 0.4) is 0 Å². The second-order valence-corrected chi connectivity index (χ2v) is 6.74. The van der Waals surface area contributed by atoms with Gasteiger partial charge in [0.2, 0.25) is 0 Å². The Morgan fingerprint density at radius 3 is 2.31 bits per heavy atom. The predicted octanol–water partition coefficient (Wildman–Crippen LogP) is 2.76. The number of amides is 2. The minimum atomic E-state index is -4.38. The summed E-state index contributed by atoms with van der Waals surface area (Å²) in [5.74, 6) is -0.479. The molecule has 0 radical (unpaired) electrons. The first-order valence-electron chi connectivity index (χ1n) is 8.62. The van der Waals surface area contributed by atoms with Gasteiger partial charge in [0.15, 0.2) is 0 Å². The molecule has 0 saturated carbocycles. The number of carbonyl (C=O) groups is 2. The molecule has 2 fully saturated rings. The summed E-state index contributed by atoms with van der Waals surface area (Å²) in [5.41, 5.74) is 0.00886. The molecule has 2 amide bonds. The first kappa shape index (κ1) is 18.7. The van der Waals surface area contributed by atoms with E-state index in [0.29, 0.717) is 51.4 Å². The lowest BCUT2D eigenvalue weighted by atomic mass is 9.85. The summed E-state index contributed by atoms with van der Waals surface area (Å²) in [7, 11) is 0. The van der Waals surface area contributed by atoms with Crippen molar-refractivity contribution < 1.29 is 27.5 Å². The first-order chi connectivity index (χ1) is 12.4. The van der Waals surface area contributed by atoms with Crippen LogP contribution in [0.4, 0.5) is 18.0 Å². The summed E-state index contributed by atoms with van der Waals surface area (Å²) in [6.07, 6.45) is -3.02. The Morgan fingerprint density at radius 1 is 1.08 bits per heavy atom. The van der Waals surface area contributed by atoms with E-state index in [9.17, 15) is 22.8 Å². The lowest BCUT2D eigenvalue weighted by Gasteiger charge is -2.39. The molecule has 1 aromatic rings. The van der Waals surface area contributed by atoms with Crippen molar-refractivity contribution in [1.29, 1.82) is 0 Å². The molecule has 2 saturated heterocycles. The SMILES string of the molecule is O=CC1CC(c2ccc(C(F)(F)F)cc2)CN(C(=O)N2CCOCC2)C1. The maximum Gasteiger partial charge on any atom is 0.416 e. The van der Waals surface area contributed by atoms with Gasteiger partial charge in [0.1, 0.15) is 6.29 Å². The fourth-order valence-electron chi connectivity index (χ4n) is 3.53. The molecule has 26 heavy (non-hydrogen) atoms. The summed E-state index contributed by atoms with van der Waals surface area (Å²) >= 11 is 0. The first-order valence-corrected chi connectivity index (χ1v) is 8.62. The van der Waals surface area contributed by atoms with Crippen molar-refractivity contribution >= 4 is 12.3 Å². The second kappa shape index (κ2) is 7.65. The standard InChI is InChI=1S/C18H21F3N2O3/c19-18(20,21)16-3-1-14(2-4-16)15-9-13(12-24)10-23(11-15)17(25)22-5-7-26-8-6-22/h1-4,12-13,15H,5-11H2. The molecule has 2 aliphatic rings. The molecule has 1 aromatic carbocycles. The van der Waals surface area contributed by atoms with Crippen LogP contribution in [0.5, 0.6) is 0 Å². The third-order valence-electron chi connectivity index (χ3n) is 4.94. The highest BCUT2D eigenvalue weighted by Gasteiger charge is 2.34. The molecule has 0 aromatic heterocycles. The maximum atomic E-state index is 12.7. The molecule has 142 valence electrons. The minimum absolute atomic E-state index is 0.142. The lowest BCUT2D eigenvalue weighted by Crippen LogP contribution is -2.52. The van der Waals surface area contributed by atoms with Crippen molar-refractivity contribution in [3.05, 3.63) is 35.4 Å². The van der Waals surface area contributed by atoms with Crippen molar-refractivity contribution in [2.75, 3.05) is 39.4 Å². The van der Waals surface area contributed by atoms with Crippen molar-refractivity contribution in [3.8, 4) is 0 Å². The van der Waals surface area contributed by atoms with Gasteiger partial charge in [-0.25, -0.2) is 4.79 Å². The summed E-state index contributed by atoms with van der Waals surface area (Å²) in [6.45, 7) is 2.72. The summed E-state index contributed by atoms with van der Waals surface area (Å²) in [4.78, 5) is 27.4. The summed E-state index contributed by atoms with van der Waals surface area (Å²) in [6, 6.07) is 4.84. The van der Waals surface area contributed by atoms with Gasteiger partial charge in [-0.1, -0.05) is 12.1 Å². The van der Waals surface area contributed by atoms with Gasteiger partial charge in [-0.3, -0.25) is 0 Å². The molecule has 2 atom stereocenters. The number of halogens is 3. The number of nitrogens with zero attached hydrogens (tertiary/aromatic N) is 2. The Hall–Kier alpha value is -2.09. The molecule has 0 aliphatic carbocycles. The number of urea groups is 1. The highest BCUT2D eigenvalue weighted by Crippen LogP contribution is 2.33. The molecule has 2 unspecified atom stereocenters. The van der Waals surface area contributed by atoms with Gasteiger partial charge < -0.3 is 19.3 Å². The molecule has 0 bridgehead atoms. The van der Waals surface area contributed by atoms with E-state index in [2.05, 4.69) is 0 Å². The van der Waals surface area contributed by atoms with Crippen molar-refractivity contribution in [1.82, 2.24) is 9.80 Å². The van der Waals surface area contributed by atoms with E-state index in [1.807, 2.05) is 0 Å². The van der Waals surface area contributed by atoms with Gasteiger partial charge in [-0.05, 0) is 24.1 Å². The average molecular weight is 370 g/mol. The molecule has 0 spiro atoms. The van der Waals surface area contributed by atoms with Crippen LogP contribution in [0.15, 0.2) is 24.3 Å². The van der Waals surface area contributed by atoms with Crippen LogP contribution in [-0.4, -0.2) is 61.5 Å². The van der Waals surface area contributed by atoms with Crippen LogP contribution in [0, 0.1) is 5.92 Å². The van der Waals surface area contributed by atoms with E-state index in [1.54, 1.807) is 9.80 Å². The monoisotopic (exact) mass is 370 g/mol. The predicted molar refractivity (Wildman–Crippen MR) is 87.7 cm³/mol. The Bertz CT molecular complexity index is 642. The normalized spacial score (nSPS) is 24.4. The van der Waals surface area contributed by atoms with E-state index < -0.39 is 11.7 Å². The van der Waals surface area contributed by atoms with Crippen LogP contribution in [0.2, 0.25) is 0 Å². The number of likely N-dealkylation sites (tertiary alicyclic amines) is 1.